The van der Waals surface area contributed by atoms with Gasteiger partial charge in [0.2, 0.25) is 0 Å². The van der Waals surface area contributed by atoms with Crippen molar-refractivity contribution in [1.82, 2.24) is 4.90 Å². The summed E-state index contributed by atoms with van der Waals surface area (Å²) in [6.45, 7) is 3.85. The quantitative estimate of drug-likeness (QED) is 0.720. The van der Waals surface area contributed by atoms with Gasteiger partial charge >= 0.3 is 12.1 Å². The average molecular weight is 377 g/mol. The Labute approximate surface area is 156 Å². The third kappa shape index (κ3) is 4.69. The predicted molar refractivity (Wildman–Crippen MR) is 96.0 cm³/mol. The molecule has 0 amide bonds. The first kappa shape index (κ1) is 19.4. The second-order valence-electron chi connectivity index (χ2n) is 6.76. The summed E-state index contributed by atoms with van der Waals surface area (Å²) in [5.74, 6) is -0.863. The molecule has 0 aliphatic carbocycles. The number of likely N-dealkylation sites (tertiary alicyclic amines) is 1. The molecule has 1 fully saturated rings. The van der Waals surface area contributed by atoms with Crippen molar-refractivity contribution in [2.45, 2.75) is 25.6 Å². The third-order valence-electron chi connectivity index (χ3n) is 4.90. The summed E-state index contributed by atoms with van der Waals surface area (Å²) in [6.07, 6.45) is -4.37. The maximum Gasteiger partial charge on any atom is 0.416 e. The molecule has 2 atom stereocenters. The summed E-state index contributed by atoms with van der Waals surface area (Å²) in [5.41, 5.74) is 1.18. The van der Waals surface area contributed by atoms with Crippen LogP contribution in [0, 0.1) is 5.92 Å². The molecule has 0 spiro atoms. The van der Waals surface area contributed by atoms with Gasteiger partial charge < -0.3 is 4.74 Å². The number of alkyl halides is 3. The molecular formula is C21H22F3NO2. The fourth-order valence-electron chi connectivity index (χ4n) is 3.60. The van der Waals surface area contributed by atoms with Gasteiger partial charge in [-0.1, -0.05) is 42.5 Å². The maximum absolute atomic E-state index is 12.8. The molecule has 0 bridgehead atoms. The zero-order valence-electron chi connectivity index (χ0n) is 15.1. The Kier molecular flexibility index (Phi) is 5.85. The van der Waals surface area contributed by atoms with Crippen molar-refractivity contribution < 1.29 is 22.7 Å². The molecule has 3 nitrogen and oxygen atoms in total. The van der Waals surface area contributed by atoms with Crippen LogP contribution in [0.4, 0.5) is 13.2 Å². The number of hydrogen-bond acceptors (Lipinski definition) is 3. The fraction of sp³-hybridized carbons (Fsp3) is 0.381. The smallest absolute Gasteiger partial charge is 0.416 e. The Hall–Kier alpha value is -2.34. The number of esters is 1. The summed E-state index contributed by atoms with van der Waals surface area (Å²) < 4.78 is 43.7. The number of benzene rings is 2. The van der Waals surface area contributed by atoms with E-state index in [1.807, 2.05) is 30.3 Å². The fourth-order valence-corrected chi connectivity index (χ4v) is 3.60. The van der Waals surface area contributed by atoms with E-state index in [2.05, 4.69) is 4.90 Å². The van der Waals surface area contributed by atoms with Gasteiger partial charge in [0.15, 0.2) is 0 Å². The van der Waals surface area contributed by atoms with Crippen molar-refractivity contribution in [1.29, 1.82) is 0 Å². The molecule has 0 saturated carbocycles. The topological polar surface area (TPSA) is 29.5 Å². The summed E-state index contributed by atoms with van der Waals surface area (Å²) in [7, 11) is 0. The number of carbonyl (C=O) groups is 1. The minimum atomic E-state index is -4.37. The third-order valence-corrected chi connectivity index (χ3v) is 4.90. The molecular weight excluding hydrogens is 355 g/mol. The molecule has 27 heavy (non-hydrogen) atoms. The van der Waals surface area contributed by atoms with Crippen molar-refractivity contribution in [3.05, 3.63) is 71.3 Å². The first-order chi connectivity index (χ1) is 12.9. The van der Waals surface area contributed by atoms with E-state index in [1.54, 1.807) is 6.92 Å². The van der Waals surface area contributed by atoms with Crippen LogP contribution in [0.1, 0.15) is 29.5 Å². The van der Waals surface area contributed by atoms with Gasteiger partial charge in [-0.05, 0) is 30.2 Å². The van der Waals surface area contributed by atoms with E-state index in [0.717, 1.165) is 23.3 Å². The Morgan fingerprint density at radius 1 is 1.07 bits per heavy atom. The number of halogens is 3. The minimum absolute atomic E-state index is 0.185. The normalized spacial score (nSPS) is 20.6. The second kappa shape index (κ2) is 8.13. The standard InChI is InChI=1S/C21H22F3NO2/c1-2-27-20(26)19-14-25(12-15-6-4-3-5-7-15)13-18(19)16-8-10-17(11-9-16)21(22,23)24/h3-11,18-19H,2,12-14H2,1H3. The Morgan fingerprint density at radius 3 is 2.33 bits per heavy atom. The van der Waals surface area contributed by atoms with Crippen molar-refractivity contribution in [3.8, 4) is 0 Å². The Bertz CT molecular complexity index is 759. The number of nitrogens with zero attached hydrogens (tertiary/aromatic N) is 1. The van der Waals surface area contributed by atoms with Crippen LogP contribution in [-0.2, 0) is 22.3 Å². The summed E-state index contributed by atoms with van der Waals surface area (Å²) in [5, 5.41) is 0. The van der Waals surface area contributed by atoms with E-state index in [1.165, 1.54) is 12.1 Å². The van der Waals surface area contributed by atoms with Gasteiger partial charge in [0.25, 0.3) is 0 Å². The molecule has 1 saturated heterocycles. The highest BCUT2D eigenvalue weighted by molar-refractivity contribution is 5.74. The highest BCUT2D eigenvalue weighted by Gasteiger charge is 2.39. The van der Waals surface area contributed by atoms with Gasteiger partial charge in [-0.3, -0.25) is 9.69 Å². The van der Waals surface area contributed by atoms with Gasteiger partial charge in [0.1, 0.15) is 0 Å². The minimum Gasteiger partial charge on any atom is -0.466 e. The number of hydrogen-bond donors (Lipinski definition) is 0. The van der Waals surface area contributed by atoms with Crippen LogP contribution in [0.15, 0.2) is 54.6 Å². The van der Waals surface area contributed by atoms with Crippen LogP contribution < -0.4 is 0 Å². The van der Waals surface area contributed by atoms with Crippen LogP contribution in [0.25, 0.3) is 0 Å². The van der Waals surface area contributed by atoms with Crippen LogP contribution in [-0.4, -0.2) is 30.6 Å². The first-order valence-corrected chi connectivity index (χ1v) is 8.98. The van der Waals surface area contributed by atoms with Crippen LogP contribution >= 0.6 is 0 Å². The average Bonchev–Trinajstić information content (AvgIpc) is 3.06. The Morgan fingerprint density at radius 2 is 1.74 bits per heavy atom. The van der Waals surface area contributed by atoms with Crippen LogP contribution in [0.2, 0.25) is 0 Å². The predicted octanol–water partition coefficient (Wildman–Crippen LogP) is 4.48. The van der Waals surface area contributed by atoms with E-state index in [9.17, 15) is 18.0 Å². The summed E-state index contributed by atoms with van der Waals surface area (Å²) >= 11 is 0. The zero-order chi connectivity index (χ0) is 19.4. The van der Waals surface area contributed by atoms with E-state index >= 15 is 0 Å². The van der Waals surface area contributed by atoms with Gasteiger partial charge in [-0.25, -0.2) is 0 Å². The molecule has 2 aromatic carbocycles. The van der Waals surface area contributed by atoms with E-state index < -0.39 is 11.7 Å². The highest BCUT2D eigenvalue weighted by Crippen LogP contribution is 2.36. The van der Waals surface area contributed by atoms with Gasteiger partial charge in [-0.15, -0.1) is 0 Å². The molecule has 0 N–H and O–H groups in total. The molecule has 6 heteroatoms. The Balaban J connectivity index is 1.80. The molecule has 1 aliphatic rings. The van der Waals surface area contributed by atoms with Crippen molar-refractivity contribution in [2.75, 3.05) is 19.7 Å². The maximum atomic E-state index is 12.8. The zero-order valence-corrected chi connectivity index (χ0v) is 15.1. The molecule has 3 rings (SSSR count). The lowest BCUT2D eigenvalue weighted by molar-refractivity contribution is -0.148. The number of carbonyl (C=O) groups excluding carboxylic acids is 1. The largest absolute Gasteiger partial charge is 0.466 e. The molecule has 144 valence electrons. The molecule has 2 aromatic rings. The molecule has 0 radical (unpaired) electrons. The molecule has 0 aromatic heterocycles. The number of rotatable bonds is 5. The van der Waals surface area contributed by atoms with E-state index in [0.29, 0.717) is 19.6 Å². The van der Waals surface area contributed by atoms with Gasteiger partial charge in [0, 0.05) is 25.6 Å². The monoisotopic (exact) mass is 377 g/mol. The van der Waals surface area contributed by atoms with Crippen molar-refractivity contribution in [2.24, 2.45) is 5.92 Å². The second-order valence-corrected chi connectivity index (χ2v) is 6.76. The highest BCUT2D eigenvalue weighted by atomic mass is 19.4. The molecule has 1 aliphatic heterocycles. The first-order valence-electron chi connectivity index (χ1n) is 8.98. The molecule has 2 unspecified atom stereocenters. The van der Waals surface area contributed by atoms with Crippen molar-refractivity contribution in [3.63, 3.8) is 0 Å². The van der Waals surface area contributed by atoms with Gasteiger partial charge in [-0.2, -0.15) is 13.2 Å². The summed E-state index contributed by atoms with van der Waals surface area (Å²) in [4.78, 5) is 14.6. The summed E-state index contributed by atoms with van der Waals surface area (Å²) in [6, 6.07) is 15.0. The van der Waals surface area contributed by atoms with Crippen LogP contribution in [0.3, 0.4) is 0 Å². The molecule has 1 heterocycles. The van der Waals surface area contributed by atoms with E-state index in [4.69, 9.17) is 4.74 Å². The lowest BCUT2D eigenvalue weighted by Crippen LogP contribution is -2.25. The number of ether oxygens (including phenoxy) is 1. The SMILES string of the molecule is CCOC(=O)C1CN(Cc2ccccc2)CC1c1ccc(C(F)(F)F)cc1. The lowest BCUT2D eigenvalue weighted by Gasteiger charge is -2.18. The van der Waals surface area contributed by atoms with Crippen LogP contribution in [0.5, 0.6) is 0 Å². The van der Waals surface area contributed by atoms with Crippen molar-refractivity contribution >= 4 is 5.97 Å². The van der Waals surface area contributed by atoms with Gasteiger partial charge in [0.05, 0.1) is 18.1 Å². The van der Waals surface area contributed by atoms with E-state index in [-0.39, 0.29) is 24.4 Å². The lowest BCUT2D eigenvalue weighted by atomic mass is 9.88.